The van der Waals surface area contributed by atoms with Crippen LogP contribution < -0.4 is 0 Å². The number of rotatable bonds is 2. The van der Waals surface area contributed by atoms with Gasteiger partial charge in [0, 0.05) is 22.8 Å². The first kappa shape index (κ1) is 14.5. The van der Waals surface area contributed by atoms with Gasteiger partial charge in [-0.1, -0.05) is 31.9 Å². The number of benzene rings is 1. The smallest absolute Gasteiger partial charge is 0.323 e. The minimum absolute atomic E-state index is 0.256. The van der Waals surface area contributed by atoms with E-state index in [0.29, 0.717) is 0 Å². The van der Waals surface area contributed by atoms with E-state index in [2.05, 4.69) is 31.9 Å². The van der Waals surface area contributed by atoms with Crippen molar-refractivity contribution in [3.05, 3.63) is 32.7 Å². The van der Waals surface area contributed by atoms with Crippen molar-refractivity contribution in [2.45, 2.75) is 26.1 Å². The van der Waals surface area contributed by atoms with Crippen LogP contribution >= 0.6 is 31.9 Å². The normalized spacial score (nSPS) is 18.9. The van der Waals surface area contributed by atoms with Crippen LogP contribution in [0.5, 0.6) is 0 Å². The van der Waals surface area contributed by atoms with Gasteiger partial charge in [-0.05, 0) is 30.2 Å². The van der Waals surface area contributed by atoms with Crippen LogP contribution in [0.25, 0.3) is 0 Å². The molecule has 0 amide bonds. The fourth-order valence-corrected chi connectivity index (χ4v) is 3.26. The maximum absolute atomic E-state index is 11.8. The average Bonchev–Trinajstić information content (AvgIpc) is 2.20. The molecule has 2 rings (SSSR count). The Kier molecular flexibility index (Phi) is 4.01. The van der Waals surface area contributed by atoms with Crippen molar-refractivity contribution in [2.75, 3.05) is 0 Å². The molecule has 1 aliphatic rings. The Balaban J connectivity index is 2.19. The number of carbonyl (C=O) groups excluding carboxylic acids is 2. The third-order valence-corrected chi connectivity index (χ3v) is 3.54. The maximum Gasteiger partial charge on any atom is 0.323 e. The second-order valence-corrected chi connectivity index (χ2v) is 6.61. The molecule has 19 heavy (non-hydrogen) atoms. The summed E-state index contributed by atoms with van der Waals surface area (Å²) >= 11 is 6.73. The average molecular weight is 392 g/mol. The van der Waals surface area contributed by atoms with E-state index >= 15 is 0 Å². The Bertz CT molecular complexity index is 499. The fourth-order valence-electron chi connectivity index (χ4n) is 1.87. The molecule has 0 unspecified atom stereocenters. The molecule has 0 N–H and O–H groups in total. The Hall–Kier alpha value is -0.880. The highest BCUT2D eigenvalue weighted by atomic mass is 79.9. The van der Waals surface area contributed by atoms with E-state index in [0.717, 1.165) is 14.5 Å². The van der Waals surface area contributed by atoms with Crippen LogP contribution in [0.1, 0.15) is 19.4 Å². The van der Waals surface area contributed by atoms with E-state index in [4.69, 9.17) is 9.47 Å². The minimum atomic E-state index is -1.18. The van der Waals surface area contributed by atoms with Gasteiger partial charge in [-0.25, -0.2) is 0 Å². The van der Waals surface area contributed by atoms with Gasteiger partial charge in [-0.3, -0.25) is 9.59 Å². The third-order valence-electron chi connectivity index (χ3n) is 2.62. The molecule has 1 aliphatic heterocycles. The van der Waals surface area contributed by atoms with Crippen molar-refractivity contribution in [3.8, 4) is 0 Å². The summed E-state index contributed by atoms with van der Waals surface area (Å²) in [4.78, 5) is 23.7. The number of esters is 2. The summed E-state index contributed by atoms with van der Waals surface area (Å²) in [6.45, 7) is 3.07. The summed E-state index contributed by atoms with van der Waals surface area (Å²) in [5.74, 6) is -3.17. The van der Waals surface area contributed by atoms with Gasteiger partial charge in [0.15, 0.2) is 5.92 Å². The van der Waals surface area contributed by atoms with E-state index in [1.807, 2.05) is 18.2 Å². The molecule has 0 aliphatic carbocycles. The Morgan fingerprint density at radius 1 is 1.05 bits per heavy atom. The molecule has 0 aromatic heterocycles. The fraction of sp³-hybridized carbons (Fsp3) is 0.385. The monoisotopic (exact) mass is 390 g/mol. The number of hydrogen-bond donors (Lipinski definition) is 0. The van der Waals surface area contributed by atoms with Crippen LogP contribution in [-0.4, -0.2) is 17.7 Å². The van der Waals surface area contributed by atoms with Crippen LogP contribution in [-0.2, 0) is 25.5 Å². The summed E-state index contributed by atoms with van der Waals surface area (Å²) < 4.78 is 11.9. The lowest BCUT2D eigenvalue weighted by Crippen LogP contribution is -2.46. The van der Waals surface area contributed by atoms with Gasteiger partial charge < -0.3 is 9.47 Å². The lowest BCUT2D eigenvalue weighted by atomic mass is 9.98. The highest BCUT2D eigenvalue weighted by molar-refractivity contribution is 9.11. The van der Waals surface area contributed by atoms with Crippen molar-refractivity contribution in [3.63, 3.8) is 0 Å². The first-order chi connectivity index (χ1) is 8.77. The Morgan fingerprint density at radius 3 is 2.00 bits per heavy atom. The van der Waals surface area contributed by atoms with E-state index < -0.39 is 23.6 Å². The van der Waals surface area contributed by atoms with Gasteiger partial charge in [0.25, 0.3) is 5.79 Å². The summed E-state index contributed by atoms with van der Waals surface area (Å²) in [5, 5.41) is 0. The van der Waals surface area contributed by atoms with E-state index in [1.165, 1.54) is 13.8 Å². The SMILES string of the molecule is CC1(C)OC(=O)C(Cc2cc(Br)cc(Br)c2)C(=O)O1. The number of ether oxygens (including phenoxy) is 2. The van der Waals surface area contributed by atoms with Crippen molar-refractivity contribution in [1.82, 2.24) is 0 Å². The van der Waals surface area contributed by atoms with E-state index in [-0.39, 0.29) is 6.42 Å². The molecule has 102 valence electrons. The molecule has 0 spiro atoms. The van der Waals surface area contributed by atoms with Crippen molar-refractivity contribution < 1.29 is 19.1 Å². The Morgan fingerprint density at radius 2 is 1.53 bits per heavy atom. The van der Waals surface area contributed by atoms with Crippen molar-refractivity contribution in [1.29, 1.82) is 0 Å². The zero-order chi connectivity index (χ0) is 14.2. The number of cyclic esters (lactones) is 2. The zero-order valence-electron chi connectivity index (χ0n) is 10.4. The van der Waals surface area contributed by atoms with Crippen LogP contribution in [0.4, 0.5) is 0 Å². The first-order valence-corrected chi connectivity index (χ1v) is 7.26. The molecule has 0 radical (unpaired) electrons. The van der Waals surface area contributed by atoms with Crippen LogP contribution in [0, 0.1) is 5.92 Å². The predicted molar refractivity (Wildman–Crippen MR) is 75.3 cm³/mol. The molecule has 0 saturated carbocycles. The molecule has 6 heteroatoms. The van der Waals surface area contributed by atoms with Crippen molar-refractivity contribution in [2.24, 2.45) is 5.92 Å². The number of carbonyl (C=O) groups is 2. The van der Waals surface area contributed by atoms with Gasteiger partial charge in [0.05, 0.1) is 0 Å². The second-order valence-electron chi connectivity index (χ2n) is 4.78. The van der Waals surface area contributed by atoms with Gasteiger partial charge in [-0.2, -0.15) is 0 Å². The van der Waals surface area contributed by atoms with Crippen LogP contribution in [0.2, 0.25) is 0 Å². The van der Waals surface area contributed by atoms with Gasteiger partial charge >= 0.3 is 11.9 Å². The molecule has 1 aromatic carbocycles. The minimum Gasteiger partial charge on any atom is -0.422 e. The zero-order valence-corrected chi connectivity index (χ0v) is 13.6. The lowest BCUT2D eigenvalue weighted by molar-refractivity contribution is -0.239. The summed E-state index contributed by atoms with van der Waals surface area (Å²) in [6, 6.07) is 5.58. The summed E-state index contributed by atoms with van der Waals surface area (Å²) in [7, 11) is 0. The molecule has 1 saturated heterocycles. The van der Waals surface area contributed by atoms with E-state index in [1.54, 1.807) is 0 Å². The molecule has 1 fully saturated rings. The van der Waals surface area contributed by atoms with E-state index in [9.17, 15) is 9.59 Å². The lowest BCUT2D eigenvalue weighted by Gasteiger charge is -2.32. The number of hydrogen-bond acceptors (Lipinski definition) is 4. The highest BCUT2D eigenvalue weighted by Crippen LogP contribution is 2.27. The first-order valence-electron chi connectivity index (χ1n) is 5.67. The van der Waals surface area contributed by atoms with Gasteiger partial charge in [0.2, 0.25) is 0 Å². The molecular weight excluding hydrogens is 380 g/mol. The predicted octanol–water partition coefficient (Wildman–Crippen LogP) is 3.21. The van der Waals surface area contributed by atoms with Gasteiger partial charge in [0.1, 0.15) is 0 Å². The molecule has 0 atom stereocenters. The quantitative estimate of drug-likeness (QED) is 0.573. The standard InChI is InChI=1S/C13H12Br2O4/c1-13(2)18-11(16)10(12(17)19-13)5-7-3-8(14)6-9(15)4-7/h3-4,6,10H,5H2,1-2H3. The molecule has 1 heterocycles. The summed E-state index contributed by atoms with van der Waals surface area (Å²) in [5.41, 5.74) is 0.847. The molecule has 1 aromatic rings. The molecular formula is C13H12Br2O4. The second kappa shape index (κ2) is 5.25. The topological polar surface area (TPSA) is 52.6 Å². The van der Waals surface area contributed by atoms with Crippen LogP contribution in [0.15, 0.2) is 27.1 Å². The maximum atomic E-state index is 11.8. The van der Waals surface area contributed by atoms with Crippen molar-refractivity contribution >= 4 is 43.8 Å². The molecule has 0 bridgehead atoms. The largest absolute Gasteiger partial charge is 0.422 e. The highest BCUT2D eigenvalue weighted by Gasteiger charge is 2.43. The van der Waals surface area contributed by atoms with Crippen LogP contribution in [0.3, 0.4) is 0 Å². The summed E-state index contributed by atoms with van der Waals surface area (Å²) in [6.07, 6.45) is 0.256. The molecule has 4 nitrogen and oxygen atoms in total. The van der Waals surface area contributed by atoms with Gasteiger partial charge in [-0.15, -0.1) is 0 Å². The number of halogens is 2. The Labute approximate surface area is 127 Å². The third kappa shape index (κ3) is 3.57.